The molecule has 74 valence electrons. The van der Waals surface area contributed by atoms with Crippen LogP contribution in [0.15, 0.2) is 28.1 Å². The van der Waals surface area contributed by atoms with E-state index in [0.717, 1.165) is 21.2 Å². The van der Waals surface area contributed by atoms with Gasteiger partial charge in [0, 0.05) is 25.9 Å². The van der Waals surface area contributed by atoms with E-state index in [0.29, 0.717) is 4.78 Å². The van der Waals surface area contributed by atoms with Crippen LogP contribution in [0.25, 0.3) is 22.3 Å². The van der Waals surface area contributed by atoms with E-state index in [9.17, 15) is 10.0 Å². The van der Waals surface area contributed by atoms with Crippen LogP contribution in [0.5, 0.6) is 0 Å². The van der Waals surface area contributed by atoms with Crippen LogP contribution in [0, 0.1) is 0 Å². The Morgan fingerprint density at radius 2 is 1.93 bits per heavy atom. The largest absolute Gasteiger partial charge is 0.499 e. The molecule has 0 radical (unpaired) electrons. The van der Waals surface area contributed by atoms with Crippen molar-refractivity contribution in [1.29, 1.82) is 0 Å². The van der Waals surface area contributed by atoms with Crippen LogP contribution < -0.4 is 4.78 Å². The van der Waals surface area contributed by atoms with Crippen molar-refractivity contribution in [2.24, 2.45) is 0 Å². The molecule has 0 saturated heterocycles. The van der Waals surface area contributed by atoms with Crippen molar-refractivity contribution in [2.45, 2.75) is 0 Å². The Bertz CT molecular complexity index is 550. The zero-order chi connectivity index (χ0) is 10.6. The van der Waals surface area contributed by atoms with Gasteiger partial charge in [0.05, 0.1) is 0 Å². The average molecular weight is 281 g/mol. The lowest BCUT2D eigenvalue weighted by molar-refractivity contribution is 0.427. The van der Waals surface area contributed by atoms with Gasteiger partial charge in [0.1, 0.15) is 0 Å². The predicted octanol–water partition coefficient (Wildman–Crippen LogP) is 1.84. The first-order valence-corrected chi connectivity index (χ1v) is 6.14. The van der Waals surface area contributed by atoms with Gasteiger partial charge >= 0.3 is 7.12 Å². The van der Waals surface area contributed by atoms with Gasteiger partial charge in [-0.05, 0) is 17.0 Å². The molecule has 0 unspecified atom stereocenters. The Labute approximate surface area is 99.5 Å². The quantitative estimate of drug-likeness (QED) is 0.668. The molecule has 0 aliphatic heterocycles. The van der Waals surface area contributed by atoms with Crippen molar-refractivity contribution in [2.75, 3.05) is 0 Å². The van der Waals surface area contributed by atoms with E-state index in [-0.39, 0.29) is 0 Å². The lowest BCUT2D eigenvalue weighted by Gasteiger charge is -2.22. The number of hydrogen-bond donors (Lipinski definition) is 2. The van der Waals surface area contributed by atoms with E-state index in [1.54, 1.807) is 0 Å². The third-order valence-corrected chi connectivity index (χ3v) is 4.29. The number of rotatable bonds is 1. The fourth-order valence-electron chi connectivity index (χ4n) is 1.97. The first-order chi connectivity index (χ1) is 7.20. The van der Waals surface area contributed by atoms with Gasteiger partial charge in [-0.25, -0.2) is 0 Å². The molecular weight excluding hydrogens is 275 g/mol. The van der Waals surface area contributed by atoms with Crippen LogP contribution in [-0.2, 0) is 0 Å². The second-order valence-electron chi connectivity index (χ2n) is 3.42. The highest BCUT2D eigenvalue weighted by molar-refractivity contribution is 9.10. The average Bonchev–Trinajstić information content (AvgIpc) is 2.53. The van der Waals surface area contributed by atoms with Crippen LogP contribution in [0.3, 0.4) is 0 Å². The second kappa shape index (κ2) is 3.19. The maximum absolute atomic E-state index is 9.20. The lowest BCUT2D eigenvalue weighted by atomic mass is 9.74. The van der Waals surface area contributed by atoms with Crippen molar-refractivity contribution >= 4 is 39.2 Å². The highest BCUT2D eigenvalue weighted by atomic mass is 79.9. The Kier molecular flexibility index (Phi) is 2.04. The Balaban J connectivity index is 2.24. The number of fused-ring (bicyclic) bond motifs is 4. The summed E-state index contributed by atoms with van der Waals surface area (Å²) in [5.41, 5.74) is 4.39. The predicted molar refractivity (Wildman–Crippen MR) is 66.3 cm³/mol. The molecule has 2 nitrogen and oxygen atoms in total. The van der Waals surface area contributed by atoms with E-state index >= 15 is 0 Å². The summed E-state index contributed by atoms with van der Waals surface area (Å²) in [4.78, 5) is 0. The summed E-state index contributed by atoms with van der Waals surface area (Å²) < 4.78 is 1.69. The molecule has 1 aliphatic rings. The van der Waals surface area contributed by atoms with Gasteiger partial charge in [0.2, 0.25) is 0 Å². The SMILES string of the molecule is OB(O)c1scc2c1-c1cccc(Br)c1-2. The summed E-state index contributed by atoms with van der Waals surface area (Å²) in [6.45, 7) is 0. The highest BCUT2D eigenvalue weighted by Crippen LogP contribution is 2.51. The van der Waals surface area contributed by atoms with E-state index in [1.807, 2.05) is 23.6 Å². The molecule has 0 amide bonds. The van der Waals surface area contributed by atoms with Crippen molar-refractivity contribution in [3.05, 3.63) is 28.1 Å². The topological polar surface area (TPSA) is 40.5 Å². The fourth-order valence-corrected chi connectivity index (χ4v) is 3.49. The molecule has 15 heavy (non-hydrogen) atoms. The molecular formula is C10H6BBrO2S. The number of thiophene rings is 1. The van der Waals surface area contributed by atoms with Gasteiger partial charge in [-0.2, -0.15) is 11.3 Å². The summed E-state index contributed by atoms with van der Waals surface area (Å²) in [7, 11) is -1.37. The molecule has 0 bridgehead atoms. The van der Waals surface area contributed by atoms with E-state index in [2.05, 4.69) is 15.9 Å². The Morgan fingerprint density at radius 3 is 2.67 bits per heavy atom. The zero-order valence-corrected chi connectivity index (χ0v) is 9.97. The van der Waals surface area contributed by atoms with Gasteiger partial charge in [-0.1, -0.05) is 28.1 Å². The van der Waals surface area contributed by atoms with Crippen molar-refractivity contribution < 1.29 is 10.0 Å². The van der Waals surface area contributed by atoms with Gasteiger partial charge in [0.25, 0.3) is 0 Å². The monoisotopic (exact) mass is 280 g/mol. The maximum atomic E-state index is 9.20. The van der Waals surface area contributed by atoms with Gasteiger partial charge in [-0.3, -0.25) is 0 Å². The fraction of sp³-hybridized carbons (Fsp3) is 0. The summed E-state index contributed by atoms with van der Waals surface area (Å²) in [5.74, 6) is 0. The highest BCUT2D eigenvalue weighted by Gasteiger charge is 2.32. The van der Waals surface area contributed by atoms with Gasteiger partial charge in [0.15, 0.2) is 0 Å². The smallest absolute Gasteiger partial charge is 0.423 e. The molecule has 2 aromatic rings. The molecule has 0 spiro atoms. The lowest BCUT2D eigenvalue weighted by Crippen LogP contribution is -2.29. The molecule has 2 N–H and O–H groups in total. The number of hydrogen-bond acceptors (Lipinski definition) is 3. The molecule has 1 aliphatic carbocycles. The van der Waals surface area contributed by atoms with Crippen LogP contribution in [0.1, 0.15) is 0 Å². The van der Waals surface area contributed by atoms with Gasteiger partial charge < -0.3 is 10.0 Å². The van der Waals surface area contributed by atoms with Crippen LogP contribution in [-0.4, -0.2) is 17.2 Å². The number of benzene rings is 1. The van der Waals surface area contributed by atoms with Crippen LogP contribution >= 0.6 is 27.3 Å². The standard InChI is InChI=1S/C10H6BBrO2S/c12-7-3-1-2-5-8(7)6-4-15-10(9(5)6)11(13)14/h1-4,13-14H. The van der Waals surface area contributed by atoms with Crippen molar-refractivity contribution in [3.63, 3.8) is 0 Å². The van der Waals surface area contributed by atoms with E-state index in [1.165, 1.54) is 16.9 Å². The first kappa shape index (κ1) is 9.60. The number of halogens is 1. The molecule has 0 atom stereocenters. The van der Waals surface area contributed by atoms with Crippen LogP contribution in [0.4, 0.5) is 0 Å². The Hall–Kier alpha value is -0.615. The molecule has 0 saturated carbocycles. The zero-order valence-electron chi connectivity index (χ0n) is 7.57. The minimum atomic E-state index is -1.37. The summed E-state index contributed by atoms with van der Waals surface area (Å²) >= 11 is 4.88. The summed E-state index contributed by atoms with van der Waals surface area (Å²) in [6.07, 6.45) is 0. The third kappa shape index (κ3) is 1.18. The summed E-state index contributed by atoms with van der Waals surface area (Å²) in [6, 6.07) is 5.95. The molecule has 0 fully saturated rings. The van der Waals surface area contributed by atoms with Crippen molar-refractivity contribution in [3.8, 4) is 22.3 Å². The minimum Gasteiger partial charge on any atom is -0.423 e. The van der Waals surface area contributed by atoms with E-state index in [4.69, 9.17) is 0 Å². The maximum Gasteiger partial charge on any atom is 0.499 e. The molecule has 1 aromatic heterocycles. The van der Waals surface area contributed by atoms with E-state index < -0.39 is 7.12 Å². The van der Waals surface area contributed by atoms with Crippen molar-refractivity contribution in [1.82, 2.24) is 0 Å². The van der Waals surface area contributed by atoms with Crippen LogP contribution in [0.2, 0.25) is 0 Å². The third-order valence-electron chi connectivity index (χ3n) is 2.61. The normalized spacial score (nSPS) is 11.7. The molecule has 5 heteroatoms. The second-order valence-corrected chi connectivity index (χ2v) is 5.19. The van der Waals surface area contributed by atoms with Gasteiger partial charge in [-0.15, -0.1) is 0 Å². The first-order valence-electron chi connectivity index (χ1n) is 4.47. The molecule has 1 heterocycles. The molecule has 1 aromatic carbocycles. The summed E-state index contributed by atoms with van der Waals surface area (Å²) in [5, 5.41) is 20.4. The Morgan fingerprint density at radius 1 is 1.13 bits per heavy atom. The minimum absolute atomic E-state index is 0.635. The molecule has 3 rings (SSSR count).